The second-order valence-corrected chi connectivity index (χ2v) is 5.84. The molecule has 1 N–H and O–H groups in total. The molecular formula is C15H23FN4O3. The van der Waals surface area contributed by atoms with Crippen LogP contribution < -0.4 is 5.32 Å². The van der Waals surface area contributed by atoms with Crippen LogP contribution in [0, 0.1) is 6.92 Å². The van der Waals surface area contributed by atoms with Crippen molar-refractivity contribution in [1.82, 2.24) is 20.0 Å². The van der Waals surface area contributed by atoms with E-state index in [0.717, 1.165) is 5.69 Å². The molecule has 8 heteroatoms. The third-order valence-electron chi connectivity index (χ3n) is 4.06. The highest BCUT2D eigenvalue weighted by molar-refractivity contribution is 5.93. The van der Waals surface area contributed by atoms with Crippen LogP contribution >= 0.6 is 0 Å². The van der Waals surface area contributed by atoms with Crippen molar-refractivity contribution < 1.29 is 18.7 Å². The summed E-state index contributed by atoms with van der Waals surface area (Å²) in [4.78, 5) is 25.9. The van der Waals surface area contributed by atoms with Gasteiger partial charge in [-0.05, 0) is 25.8 Å². The molecule has 0 spiro atoms. The van der Waals surface area contributed by atoms with Gasteiger partial charge >= 0.3 is 0 Å². The number of likely N-dealkylation sites (tertiary alicyclic amines) is 1. The molecule has 128 valence electrons. The Bertz CT molecular complexity index is 570. The molecule has 2 amide bonds. The lowest BCUT2D eigenvalue weighted by Crippen LogP contribution is -2.56. The zero-order valence-electron chi connectivity index (χ0n) is 13.8. The molecule has 23 heavy (non-hydrogen) atoms. The summed E-state index contributed by atoms with van der Waals surface area (Å²) in [6, 6.07) is 1.66. The molecule has 7 nitrogen and oxygen atoms in total. The van der Waals surface area contributed by atoms with E-state index in [-0.39, 0.29) is 31.1 Å². The third-order valence-corrected chi connectivity index (χ3v) is 4.06. The number of carbonyl (C=O) groups is 2. The number of ether oxygens (including phenoxy) is 1. The van der Waals surface area contributed by atoms with E-state index < -0.39 is 11.6 Å². The Morgan fingerprint density at radius 2 is 2.26 bits per heavy atom. The standard InChI is InChI=1S/C15H23FN4O3/c1-11-9-12(18-19(11)2)13(21)20-7-4-5-15(16,10-20)14(22)17-6-8-23-3/h9H,4-8,10H2,1-3H3,(H,17,22). The Hall–Kier alpha value is -1.96. The topological polar surface area (TPSA) is 76.5 Å². The monoisotopic (exact) mass is 326 g/mol. The molecule has 1 aromatic rings. The minimum atomic E-state index is -2.06. The maximum atomic E-state index is 14.9. The van der Waals surface area contributed by atoms with Gasteiger partial charge in [-0.15, -0.1) is 0 Å². The highest BCUT2D eigenvalue weighted by atomic mass is 19.1. The van der Waals surface area contributed by atoms with E-state index in [0.29, 0.717) is 19.6 Å². The summed E-state index contributed by atoms with van der Waals surface area (Å²) in [6.45, 7) is 2.57. The zero-order chi connectivity index (χ0) is 17.0. The SMILES string of the molecule is COCCNC(=O)C1(F)CCCN(C(=O)c2cc(C)n(C)n2)C1. The van der Waals surface area contributed by atoms with Crippen LogP contribution in [0.1, 0.15) is 29.0 Å². The number of piperidine rings is 1. The summed E-state index contributed by atoms with van der Waals surface area (Å²) in [7, 11) is 3.25. The highest BCUT2D eigenvalue weighted by Crippen LogP contribution is 2.26. The largest absolute Gasteiger partial charge is 0.383 e. The summed E-state index contributed by atoms with van der Waals surface area (Å²) in [5.41, 5.74) is -0.950. The average molecular weight is 326 g/mol. The predicted molar refractivity (Wildman–Crippen MR) is 81.8 cm³/mol. The van der Waals surface area contributed by atoms with Crippen LogP contribution in [0.3, 0.4) is 0 Å². The van der Waals surface area contributed by atoms with Crippen LogP contribution in [0.25, 0.3) is 0 Å². The first-order valence-corrected chi connectivity index (χ1v) is 7.63. The molecule has 2 heterocycles. The number of rotatable bonds is 5. The summed E-state index contributed by atoms with van der Waals surface area (Å²) in [6.07, 6.45) is 0.544. The van der Waals surface area contributed by atoms with Crippen molar-refractivity contribution in [2.45, 2.75) is 25.4 Å². The molecule has 0 radical (unpaired) electrons. The first-order valence-electron chi connectivity index (χ1n) is 7.63. The fraction of sp³-hybridized carbons (Fsp3) is 0.667. The summed E-state index contributed by atoms with van der Waals surface area (Å²) >= 11 is 0. The van der Waals surface area contributed by atoms with E-state index in [2.05, 4.69) is 10.4 Å². The molecular weight excluding hydrogens is 303 g/mol. The summed E-state index contributed by atoms with van der Waals surface area (Å²) < 4.78 is 21.4. The zero-order valence-corrected chi connectivity index (χ0v) is 13.8. The number of nitrogens with one attached hydrogen (secondary N) is 1. The van der Waals surface area contributed by atoms with Gasteiger partial charge in [-0.25, -0.2) is 4.39 Å². The summed E-state index contributed by atoms with van der Waals surface area (Å²) in [5, 5.41) is 6.63. The van der Waals surface area contributed by atoms with Crippen LogP contribution in [-0.2, 0) is 16.6 Å². The number of halogens is 1. The lowest BCUT2D eigenvalue weighted by Gasteiger charge is -2.36. The predicted octanol–water partition coefficient (Wildman–Crippen LogP) is 0.435. The molecule has 1 aliphatic rings. The number of alkyl halides is 1. The quantitative estimate of drug-likeness (QED) is 0.797. The van der Waals surface area contributed by atoms with Crippen molar-refractivity contribution in [2.75, 3.05) is 33.4 Å². The molecule has 1 unspecified atom stereocenters. The van der Waals surface area contributed by atoms with Gasteiger partial charge in [0.2, 0.25) is 5.67 Å². The first kappa shape index (κ1) is 17.4. The molecule has 2 rings (SSSR count). The van der Waals surface area contributed by atoms with Gasteiger partial charge in [0, 0.05) is 32.9 Å². The molecule has 0 bridgehead atoms. The van der Waals surface area contributed by atoms with Gasteiger partial charge in [-0.1, -0.05) is 0 Å². The average Bonchev–Trinajstić information content (AvgIpc) is 2.86. The second-order valence-electron chi connectivity index (χ2n) is 5.84. The van der Waals surface area contributed by atoms with E-state index in [1.54, 1.807) is 17.8 Å². The van der Waals surface area contributed by atoms with E-state index in [1.165, 1.54) is 12.0 Å². The number of hydrogen-bond donors (Lipinski definition) is 1. The Kier molecular flexibility index (Phi) is 5.35. The smallest absolute Gasteiger partial charge is 0.274 e. The Labute approximate surface area is 134 Å². The normalized spacial score (nSPS) is 21.3. The van der Waals surface area contributed by atoms with E-state index in [1.807, 2.05) is 6.92 Å². The highest BCUT2D eigenvalue weighted by Gasteiger charge is 2.44. The minimum absolute atomic E-state index is 0.108. The number of methoxy groups -OCH3 is 1. The van der Waals surface area contributed by atoms with Crippen molar-refractivity contribution in [1.29, 1.82) is 0 Å². The van der Waals surface area contributed by atoms with Crippen molar-refractivity contribution in [3.63, 3.8) is 0 Å². The van der Waals surface area contributed by atoms with Crippen LogP contribution in [-0.4, -0.2) is 65.5 Å². The van der Waals surface area contributed by atoms with E-state index in [4.69, 9.17) is 4.74 Å². The van der Waals surface area contributed by atoms with Crippen LogP contribution in [0.4, 0.5) is 4.39 Å². The van der Waals surface area contributed by atoms with Gasteiger partial charge in [0.15, 0.2) is 5.69 Å². The molecule has 1 saturated heterocycles. The van der Waals surface area contributed by atoms with E-state index in [9.17, 15) is 14.0 Å². The fourth-order valence-corrected chi connectivity index (χ4v) is 2.62. The van der Waals surface area contributed by atoms with Crippen LogP contribution in [0.5, 0.6) is 0 Å². The van der Waals surface area contributed by atoms with Crippen molar-refractivity contribution in [3.05, 3.63) is 17.5 Å². The molecule has 1 atom stereocenters. The number of carbonyl (C=O) groups excluding carboxylic acids is 2. The Balaban J connectivity index is 2.04. The van der Waals surface area contributed by atoms with Gasteiger partial charge < -0.3 is 15.0 Å². The molecule has 0 aliphatic carbocycles. The molecule has 0 saturated carbocycles. The van der Waals surface area contributed by atoms with Crippen LogP contribution in [0.2, 0.25) is 0 Å². The third kappa shape index (κ3) is 3.87. The molecule has 1 aromatic heterocycles. The maximum absolute atomic E-state index is 14.9. The second kappa shape index (κ2) is 7.08. The van der Waals surface area contributed by atoms with Crippen molar-refractivity contribution in [2.24, 2.45) is 7.05 Å². The van der Waals surface area contributed by atoms with Gasteiger partial charge in [-0.2, -0.15) is 5.10 Å². The van der Waals surface area contributed by atoms with Gasteiger partial charge in [0.1, 0.15) is 0 Å². The number of hydrogen-bond acceptors (Lipinski definition) is 4. The van der Waals surface area contributed by atoms with Crippen molar-refractivity contribution in [3.8, 4) is 0 Å². The van der Waals surface area contributed by atoms with Crippen molar-refractivity contribution >= 4 is 11.8 Å². The first-order chi connectivity index (χ1) is 10.9. The minimum Gasteiger partial charge on any atom is -0.383 e. The fourth-order valence-electron chi connectivity index (χ4n) is 2.62. The summed E-state index contributed by atoms with van der Waals surface area (Å²) in [5.74, 6) is -1.04. The lowest BCUT2D eigenvalue weighted by molar-refractivity contribution is -0.136. The molecule has 0 aromatic carbocycles. The van der Waals surface area contributed by atoms with Gasteiger partial charge in [-0.3, -0.25) is 14.3 Å². The van der Waals surface area contributed by atoms with Gasteiger partial charge in [0.05, 0.1) is 13.2 Å². The Morgan fingerprint density at radius 1 is 1.52 bits per heavy atom. The number of aryl methyl sites for hydroxylation is 2. The van der Waals surface area contributed by atoms with Crippen LogP contribution in [0.15, 0.2) is 6.07 Å². The lowest BCUT2D eigenvalue weighted by atomic mass is 9.93. The number of aromatic nitrogens is 2. The molecule has 1 aliphatic heterocycles. The number of amides is 2. The maximum Gasteiger partial charge on any atom is 0.274 e. The molecule has 1 fully saturated rings. The number of nitrogens with zero attached hydrogens (tertiary/aromatic N) is 3. The Morgan fingerprint density at radius 3 is 2.87 bits per heavy atom. The van der Waals surface area contributed by atoms with E-state index >= 15 is 0 Å². The van der Waals surface area contributed by atoms with Gasteiger partial charge in [0.25, 0.3) is 11.8 Å².